The molecule has 0 atom stereocenters. The van der Waals surface area contributed by atoms with Gasteiger partial charge in [-0.1, -0.05) is 17.7 Å². The molecule has 1 fully saturated rings. The molecule has 1 heterocycles. The highest BCUT2D eigenvalue weighted by Gasteiger charge is 2.45. The summed E-state index contributed by atoms with van der Waals surface area (Å²) in [4.78, 5) is 11.0. The van der Waals surface area contributed by atoms with Crippen molar-refractivity contribution in [2.75, 3.05) is 0 Å². The van der Waals surface area contributed by atoms with Crippen LogP contribution in [0.1, 0.15) is 53.0 Å². The summed E-state index contributed by atoms with van der Waals surface area (Å²) in [5.41, 5.74) is 0.362. The highest BCUT2D eigenvalue weighted by Crippen LogP contribution is 2.36. The molecule has 7 nitrogen and oxygen atoms in total. The van der Waals surface area contributed by atoms with E-state index in [0.29, 0.717) is 0 Å². The van der Waals surface area contributed by atoms with Crippen molar-refractivity contribution >= 4 is 16.0 Å². The molecule has 1 aliphatic rings. The molecule has 8 heteroatoms. The van der Waals surface area contributed by atoms with Gasteiger partial charge in [-0.3, -0.25) is 9.35 Å². The Morgan fingerprint density at radius 3 is 1.88 bits per heavy atom. The third-order valence-corrected chi connectivity index (χ3v) is 5.23. The Hall–Kier alpha value is -1.48. The summed E-state index contributed by atoms with van der Waals surface area (Å²) < 4.78 is 29.6. The molecule has 3 N–H and O–H groups in total. The summed E-state index contributed by atoms with van der Waals surface area (Å²) in [6, 6.07) is 6.14. The Kier molecular flexibility index (Phi) is 6.98. The van der Waals surface area contributed by atoms with Crippen molar-refractivity contribution in [1.82, 2.24) is 10.4 Å². The van der Waals surface area contributed by atoms with E-state index in [9.17, 15) is 18.4 Å². The summed E-state index contributed by atoms with van der Waals surface area (Å²) in [6.07, 6.45) is 1.54. The Balaban J connectivity index is 0.000000273. The summed E-state index contributed by atoms with van der Waals surface area (Å²) in [6.45, 7) is 11.3. The van der Waals surface area contributed by atoms with Crippen LogP contribution in [0, 0.1) is 6.92 Å². The number of piperidine rings is 1. The largest absolute Gasteiger partial charge is 0.353 e. The highest BCUT2D eigenvalue weighted by molar-refractivity contribution is 7.85. The van der Waals surface area contributed by atoms with Gasteiger partial charge in [-0.15, -0.1) is 0 Å². The molecule has 0 aromatic heterocycles. The van der Waals surface area contributed by atoms with Crippen LogP contribution in [-0.2, 0) is 14.9 Å². The number of rotatable bonds is 2. The number of nitrogens with zero attached hydrogens (tertiary/aromatic N) is 1. The topological polar surface area (TPSA) is 107 Å². The molecule has 0 unspecified atom stereocenters. The predicted octanol–water partition coefficient (Wildman–Crippen LogP) is 2.78. The number of nitrogens with one attached hydrogen (secondary N) is 1. The van der Waals surface area contributed by atoms with Gasteiger partial charge in [-0.2, -0.15) is 13.5 Å². The summed E-state index contributed by atoms with van der Waals surface area (Å²) >= 11 is 0. The van der Waals surface area contributed by atoms with Gasteiger partial charge in [-0.25, -0.2) is 0 Å². The van der Waals surface area contributed by atoms with Gasteiger partial charge in [0.05, 0.1) is 4.90 Å². The SMILES string of the molecule is CC(=O)NC1CC(C)(C)N(O)C(C)(C)C1.Cc1ccc(S(=O)(=O)O)cc1. The molecule has 0 radical (unpaired) electrons. The Morgan fingerprint density at radius 1 is 1.12 bits per heavy atom. The normalized spacial score (nSPS) is 20.0. The number of hydrogen-bond donors (Lipinski definition) is 3. The number of amides is 1. The maximum atomic E-state index is 11.0. The first kappa shape index (κ1) is 22.6. The lowest BCUT2D eigenvalue weighted by Gasteiger charge is -2.51. The second kappa shape index (κ2) is 8.04. The fourth-order valence-electron chi connectivity index (χ4n) is 3.37. The smallest absolute Gasteiger partial charge is 0.294 e. The molecule has 1 aromatic rings. The summed E-state index contributed by atoms with van der Waals surface area (Å²) in [5.74, 6) is -0.00186. The van der Waals surface area contributed by atoms with Gasteiger partial charge >= 0.3 is 0 Å². The number of benzene rings is 1. The van der Waals surface area contributed by atoms with Crippen LogP contribution in [0.4, 0.5) is 0 Å². The van der Waals surface area contributed by atoms with Gasteiger partial charge in [-0.05, 0) is 59.6 Å². The van der Waals surface area contributed by atoms with Gasteiger partial charge in [0.25, 0.3) is 10.1 Å². The van der Waals surface area contributed by atoms with Crippen LogP contribution >= 0.6 is 0 Å². The minimum atomic E-state index is -4.02. The lowest BCUT2D eigenvalue weighted by molar-refractivity contribution is -0.246. The van der Waals surface area contributed by atoms with Gasteiger partial charge < -0.3 is 10.5 Å². The van der Waals surface area contributed by atoms with Crippen LogP contribution in [0.2, 0.25) is 0 Å². The molecule has 148 valence electrons. The van der Waals surface area contributed by atoms with Gasteiger partial charge in [0.15, 0.2) is 0 Å². The van der Waals surface area contributed by atoms with Crippen molar-refractivity contribution in [3.05, 3.63) is 29.8 Å². The van der Waals surface area contributed by atoms with E-state index in [0.717, 1.165) is 18.4 Å². The van der Waals surface area contributed by atoms with E-state index in [2.05, 4.69) is 5.32 Å². The molecule has 1 amide bonds. The molecule has 0 aliphatic carbocycles. The molecule has 2 rings (SSSR count). The lowest BCUT2D eigenvalue weighted by atomic mass is 9.79. The van der Waals surface area contributed by atoms with Crippen LogP contribution in [0.5, 0.6) is 0 Å². The minimum Gasteiger partial charge on any atom is -0.353 e. The Morgan fingerprint density at radius 2 is 1.54 bits per heavy atom. The molecular formula is C18H30N2O5S. The molecule has 1 saturated heterocycles. The van der Waals surface area contributed by atoms with Crippen LogP contribution < -0.4 is 5.32 Å². The number of carbonyl (C=O) groups is 1. The molecule has 0 spiro atoms. The molecule has 1 aromatic carbocycles. The number of aryl methyl sites for hydroxylation is 1. The van der Waals surface area contributed by atoms with Crippen LogP contribution in [-0.4, -0.2) is 46.3 Å². The number of hydrogen-bond acceptors (Lipinski definition) is 5. The molecule has 0 saturated carbocycles. The Bertz CT molecular complexity index is 708. The monoisotopic (exact) mass is 386 g/mol. The maximum Gasteiger partial charge on any atom is 0.294 e. The van der Waals surface area contributed by atoms with Crippen molar-refractivity contribution in [3.8, 4) is 0 Å². The average Bonchev–Trinajstić information content (AvgIpc) is 2.43. The zero-order valence-electron chi connectivity index (χ0n) is 16.3. The maximum absolute atomic E-state index is 11.0. The van der Waals surface area contributed by atoms with E-state index in [-0.39, 0.29) is 27.9 Å². The highest BCUT2D eigenvalue weighted by atomic mass is 32.2. The zero-order chi connectivity index (χ0) is 20.3. The summed E-state index contributed by atoms with van der Waals surface area (Å²) in [7, 11) is -4.02. The fourth-order valence-corrected chi connectivity index (χ4v) is 3.85. The van der Waals surface area contributed by atoms with Crippen LogP contribution in [0.3, 0.4) is 0 Å². The predicted molar refractivity (Wildman–Crippen MR) is 99.6 cm³/mol. The van der Waals surface area contributed by atoms with E-state index < -0.39 is 10.1 Å². The van der Waals surface area contributed by atoms with E-state index >= 15 is 0 Å². The van der Waals surface area contributed by atoms with Crippen molar-refractivity contribution in [2.45, 2.75) is 76.4 Å². The fraction of sp³-hybridized carbons (Fsp3) is 0.611. The lowest BCUT2D eigenvalue weighted by Crippen LogP contribution is -2.62. The number of hydroxylamine groups is 2. The average molecular weight is 387 g/mol. The van der Waals surface area contributed by atoms with E-state index in [1.165, 1.54) is 24.1 Å². The van der Waals surface area contributed by atoms with Crippen LogP contribution in [0.15, 0.2) is 29.2 Å². The third kappa shape index (κ3) is 6.35. The van der Waals surface area contributed by atoms with Gasteiger partial charge in [0.1, 0.15) is 0 Å². The van der Waals surface area contributed by atoms with Gasteiger partial charge in [0.2, 0.25) is 5.91 Å². The second-order valence-electron chi connectivity index (χ2n) is 8.03. The van der Waals surface area contributed by atoms with Crippen molar-refractivity contribution < 1.29 is 23.0 Å². The summed E-state index contributed by atoms with van der Waals surface area (Å²) in [5, 5.41) is 14.4. The van der Waals surface area contributed by atoms with Gasteiger partial charge in [0, 0.05) is 24.0 Å². The first-order chi connectivity index (χ1) is 11.6. The van der Waals surface area contributed by atoms with E-state index in [1.807, 2.05) is 34.6 Å². The first-order valence-corrected chi connectivity index (χ1v) is 9.90. The third-order valence-electron chi connectivity index (χ3n) is 4.36. The molecular weight excluding hydrogens is 356 g/mol. The van der Waals surface area contributed by atoms with Crippen molar-refractivity contribution in [2.24, 2.45) is 0 Å². The standard InChI is InChI=1S/C11H22N2O2.C7H8O3S/c1-8(14)12-9-6-10(2,3)13(15)11(4,5)7-9;1-6-2-4-7(5-3-6)11(8,9)10/h9,15H,6-7H2,1-5H3,(H,12,14);2-5H,1H3,(H,8,9,10). The number of carbonyl (C=O) groups excluding carboxylic acids is 1. The first-order valence-electron chi connectivity index (χ1n) is 8.46. The Labute approximate surface area is 156 Å². The van der Waals surface area contributed by atoms with Crippen molar-refractivity contribution in [1.29, 1.82) is 0 Å². The molecule has 26 heavy (non-hydrogen) atoms. The molecule has 1 aliphatic heterocycles. The zero-order valence-corrected chi connectivity index (χ0v) is 17.1. The molecule has 0 bridgehead atoms. The van der Waals surface area contributed by atoms with Crippen molar-refractivity contribution in [3.63, 3.8) is 0 Å². The van der Waals surface area contributed by atoms with E-state index in [4.69, 9.17) is 4.55 Å². The quantitative estimate of drug-likeness (QED) is 0.675. The van der Waals surface area contributed by atoms with E-state index in [1.54, 1.807) is 12.1 Å². The second-order valence-corrected chi connectivity index (χ2v) is 9.45. The minimum absolute atomic E-state index is 0.00186. The van der Waals surface area contributed by atoms with Crippen LogP contribution in [0.25, 0.3) is 0 Å².